The second-order valence-corrected chi connectivity index (χ2v) is 7.28. The van der Waals surface area contributed by atoms with E-state index in [2.05, 4.69) is 10.6 Å². The van der Waals surface area contributed by atoms with Crippen molar-refractivity contribution in [1.29, 1.82) is 0 Å². The number of ether oxygens (including phenoxy) is 3. The maximum Gasteiger partial charge on any atom is 0.325 e. The van der Waals surface area contributed by atoms with Crippen molar-refractivity contribution < 1.29 is 28.6 Å². The Morgan fingerprint density at radius 1 is 1.13 bits per heavy atom. The molecule has 4 rings (SSSR count). The van der Waals surface area contributed by atoms with Crippen LogP contribution in [0.15, 0.2) is 42.5 Å². The van der Waals surface area contributed by atoms with Gasteiger partial charge in [-0.05, 0) is 41.8 Å². The molecule has 1 fully saturated rings. The molecule has 0 aliphatic carbocycles. The van der Waals surface area contributed by atoms with Gasteiger partial charge in [-0.3, -0.25) is 14.5 Å². The molecule has 2 aliphatic heterocycles. The molecule has 31 heavy (non-hydrogen) atoms. The smallest absolute Gasteiger partial charge is 0.325 e. The largest absolute Gasteiger partial charge is 0.497 e. The number of rotatable bonds is 8. The van der Waals surface area contributed by atoms with Gasteiger partial charge in [-0.15, -0.1) is 0 Å². The van der Waals surface area contributed by atoms with E-state index in [9.17, 15) is 14.4 Å². The Hall–Kier alpha value is -3.75. The Kier molecular flexibility index (Phi) is 5.92. The summed E-state index contributed by atoms with van der Waals surface area (Å²) in [6.45, 7) is 0.702. The molecular formula is C22H23N3O6. The molecule has 0 aromatic heterocycles. The second-order valence-electron chi connectivity index (χ2n) is 7.28. The van der Waals surface area contributed by atoms with Crippen LogP contribution in [-0.4, -0.2) is 42.7 Å². The zero-order valence-corrected chi connectivity index (χ0v) is 17.1. The second kappa shape index (κ2) is 8.95. The Balaban J connectivity index is 1.25. The number of hydrogen-bond donors (Lipinski definition) is 2. The molecule has 2 heterocycles. The van der Waals surface area contributed by atoms with Crippen molar-refractivity contribution in [2.45, 2.75) is 32.0 Å². The summed E-state index contributed by atoms with van der Waals surface area (Å²) in [5, 5.41) is 5.47. The SMILES string of the molecule is COc1ccc(CN2C(=O)NC(CCC(=O)NCc3ccc4c(c3)OCO4)C2=O)cc1. The van der Waals surface area contributed by atoms with Crippen LogP contribution in [0, 0.1) is 0 Å². The van der Waals surface area contributed by atoms with E-state index in [1.807, 2.05) is 12.1 Å². The zero-order valence-electron chi connectivity index (χ0n) is 17.1. The van der Waals surface area contributed by atoms with Crippen LogP contribution in [0.25, 0.3) is 0 Å². The molecule has 0 spiro atoms. The van der Waals surface area contributed by atoms with Gasteiger partial charge in [0, 0.05) is 13.0 Å². The van der Waals surface area contributed by atoms with E-state index < -0.39 is 12.1 Å². The molecule has 2 N–H and O–H groups in total. The van der Waals surface area contributed by atoms with E-state index in [0.29, 0.717) is 23.8 Å². The molecule has 2 aliphatic rings. The summed E-state index contributed by atoms with van der Waals surface area (Å²) >= 11 is 0. The van der Waals surface area contributed by atoms with E-state index in [-0.39, 0.29) is 38.0 Å². The third kappa shape index (κ3) is 4.71. The number of methoxy groups -OCH3 is 1. The standard InChI is InChI=1S/C22H23N3O6/c1-29-16-5-2-14(3-6-16)12-25-21(27)17(24-22(25)28)7-9-20(26)23-11-15-4-8-18-19(10-15)31-13-30-18/h2-6,8,10,17H,7,9,11-13H2,1H3,(H,23,26)(H,24,28). The van der Waals surface area contributed by atoms with Crippen LogP contribution in [0.4, 0.5) is 4.79 Å². The van der Waals surface area contributed by atoms with Crippen molar-refractivity contribution in [1.82, 2.24) is 15.5 Å². The van der Waals surface area contributed by atoms with Gasteiger partial charge in [-0.25, -0.2) is 4.79 Å². The van der Waals surface area contributed by atoms with Gasteiger partial charge in [0.1, 0.15) is 11.8 Å². The Morgan fingerprint density at radius 3 is 2.65 bits per heavy atom. The molecule has 9 heteroatoms. The topological polar surface area (TPSA) is 106 Å². The summed E-state index contributed by atoms with van der Waals surface area (Å²) in [5.41, 5.74) is 1.69. The number of nitrogens with zero attached hydrogens (tertiary/aromatic N) is 1. The summed E-state index contributed by atoms with van der Waals surface area (Å²) in [5.74, 6) is 1.51. The van der Waals surface area contributed by atoms with Crippen molar-refractivity contribution in [2.24, 2.45) is 0 Å². The van der Waals surface area contributed by atoms with Crippen LogP contribution in [0.1, 0.15) is 24.0 Å². The number of hydrogen-bond acceptors (Lipinski definition) is 6. The number of nitrogens with one attached hydrogen (secondary N) is 2. The fourth-order valence-corrected chi connectivity index (χ4v) is 3.45. The molecule has 2 aromatic carbocycles. The highest BCUT2D eigenvalue weighted by Crippen LogP contribution is 2.32. The van der Waals surface area contributed by atoms with Gasteiger partial charge in [-0.2, -0.15) is 0 Å². The molecular weight excluding hydrogens is 402 g/mol. The van der Waals surface area contributed by atoms with Gasteiger partial charge in [0.15, 0.2) is 11.5 Å². The highest BCUT2D eigenvalue weighted by molar-refractivity contribution is 6.04. The number of carbonyl (C=O) groups excluding carboxylic acids is 3. The lowest BCUT2D eigenvalue weighted by atomic mass is 10.1. The van der Waals surface area contributed by atoms with Crippen LogP contribution >= 0.6 is 0 Å². The van der Waals surface area contributed by atoms with E-state index in [1.54, 1.807) is 37.4 Å². The Bertz CT molecular complexity index is 991. The van der Waals surface area contributed by atoms with Crippen molar-refractivity contribution >= 4 is 17.8 Å². The summed E-state index contributed by atoms with van der Waals surface area (Å²) in [6, 6.07) is 11.5. The normalized spacial score (nSPS) is 16.9. The summed E-state index contributed by atoms with van der Waals surface area (Å²) in [6.07, 6.45) is 0.355. The molecule has 0 saturated carbocycles. The van der Waals surface area contributed by atoms with E-state index in [1.165, 1.54) is 0 Å². The predicted octanol–water partition coefficient (Wildman–Crippen LogP) is 1.94. The van der Waals surface area contributed by atoms with Crippen molar-refractivity contribution in [2.75, 3.05) is 13.9 Å². The Labute approximate surface area is 179 Å². The third-order valence-corrected chi connectivity index (χ3v) is 5.19. The molecule has 1 unspecified atom stereocenters. The van der Waals surface area contributed by atoms with Crippen LogP contribution in [-0.2, 0) is 22.7 Å². The minimum absolute atomic E-state index is 0.123. The lowest BCUT2D eigenvalue weighted by molar-refractivity contribution is -0.128. The summed E-state index contributed by atoms with van der Waals surface area (Å²) < 4.78 is 15.7. The quantitative estimate of drug-likeness (QED) is 0.626. The molecule has 0 radical (unpaired) electrons. The first-order valence-corrected chi connectivity index (χ1v) is 9.93. The maximum absolute atomic E-state index is 12.6. The molecule has 0 bridgehead atoms. The number of urea groups is 1. The molecule has 4 amide bonds. The maximum atomic E-state index is 12.6. The average molecular weight is 425 g/mol. The van der Waals surface area contributed by atoms with E-state index in [0.717, 1.165) is 16.0 Å². The summed E-state index contributed by atoms with van der Waals surface area (Å²) in [7, 11) is 1.57. The van der Waals surface area contributed by atoms with Gasteiger partial charge in [-0.1, -0.05) is 18.2 Å². The molecule has 9 nitrogen and oxygen atoms in total. The highest BCUT2D eigenvalue weighted by atomic mass is 16.7. The Morgan fingerprint density at radius 2 is 1.87 bits per heavy atom. The fraction of sp³-hybridized carbons (Fsp3) is 0.318. The van der Waals surface area contributed by atoms with Crippen LogP contribution in [0.5, 0.6) is 17.2 Å². The molecule has 1 saturated heterocycles. The monoisotopic (exact) mass is 425 g/mol. The third-order valence-electron chi connectivity index (χ3n) is 5.19. The highest BCUT2D eigenvalue weighted by Gasteiger charge is 2.37. The van der Waals surface area contributed by atoms with E-state index >= 15 is 0 Å². The van der Waals surface area contributed by atoms with Crippen molar-refractivity contribution in [3.63, 3.8) is 0 Å². The minimum atomic E-state index is -0.706. The van der Waals surface area contributed by atoms with E-state index in [4.69, 9.17) is 14.2 Å². The molecule has 1 atom stereocenters. The zero-order chi connectivity index (χ0) is 21.8. The van der Waals surface area contributed by atoms with Crippen LogP contribution in [0.2, 0.25) is 0 Å². The lowest BCUT2D eigenvalue weighted by Crippen LogP contribution is -2.32. The number of benzene rings is 2. The first-order valence-electron chi connectivity index (χ1n) is 9.93. The van der Waals surface area contributed by atoms with Crippen LogP contribution in [0.3, 0.4) is 0 Å². The first-order chi connectivity index (χ1) is 15.0. The summed E-state index contributed by atoms with van der Waals surface area (Å²) in [4.78, 5) is 38.2. The first kappa shape index (κ1) is 20.5. The molecule has 162 valence electrons. The number of amides is 4. The molecule has 2 aromatic rings. The number of imide groups is 1. The van der Waals surface area contributed by atoms with Gasteiger partial charge in [0.05, 0.1) is 13.7 Å². The van der Waals surface area contributed by atoms with Gasteiger partial charge < -0.3 is 24.8 Å². The predicted molar refractivity (Wildman–Crippen MR) is 110 cm³/mol. The van der Waals surface area contributed by atoms with Crippen molar-refractivity contribution in [3.05, 3.63) is 53.6 Å². The van der Waals surface area contributed by atoms with Gasteiger partial charge in [0.2, 0.25) is 12.7 Å². The number of carbonyl (C=O) groups is 3. The lowest BCUT2D eigenvalue weighted by Gasteiger charge is -2.13. The van der Waals surface area contributed by atoms with Gasteiger partial charge >= 0.3 is 6.03 Å². The average Bonchev–Trinajstić information content (AvgIpc) is 3.36. The minimum Gasteiger partial charge on any atom is -0.497 e. The van der Waals surface area contributed by atoms with Crippen LogP contribution < -0.4 is 24.8 Å². The van der Waals surface area contributed by atoms with Gasteiger partial charge in [0.25, 0.3) is 5.91 Å². The van der Waals surface area contributed by atoms with Crippen molar-refractivity contribution in [3.8, 4) is 17.2 Å². The number of fused-ring (bicyclic) bond motifs is 1. The fourth-order valence-electron chi connectivity index (χ4n) is 3.45.